The van der Waals surface area contributed by atoms with Gasteiger partial charge in [0.15, 0.2) is 0 Å². The van der Waals surface area contributed by atoms with Crippen molar-refractivity contribution in [2.45, 2.75) is 45.7 Å². The molecule has 1 saturated carbocycles. The number of rotatable bonds is 6. The monoisotopic (exact) mass is 247 g/mol. The van der Waals surface area contributed by atoms with E-state index in [1.54, 1.807) is 0 Å². The SMILES string of the molecule is CC(C)CNCc1ccc(N(C)C2CCC2)nc1. The Bertz CT molecular complexity index is 355. The van der Waals surface area contributed by atoms with E-state index in [1.165, 1.54) is 24.8 Å². The third-order valence-electron chi connectivity index (χ3n) is 3.67. The Labute approximate surface area is 111 Å². The highest BCUT2D eigenvalue weighted by Crippen LogP contribution is 2.26. The quantitative estimate of drug-likeness (QED) is 0.838. The van der Waals surface area contributed by atoms with Gasteiger partial charge in [0.2, 0.25) is 0 Å². The molecule has 1 heterocycles. The minimum atomic E-state index is 0.696. The van der Waals surface area contributed by atoms with E-state index in [1.807, 2.05) is 6.20 Å². The lowest BCUT2D eigenvalue weighted by Crippen LogP contribution is -2.37. The second-order valence-electron chi connectivity index (χ2n) is 5.75. The summed E-state index contributed by atoms with van der Waals surface area (Å²) in [4.78, 5) is 6.88. The van der Waals surface area contributed by atoms with Crippen LogP contribution < -0.4 is 10.2 Å². The van der Waals surface area contributed by atoms with Crippen molar-refractivity contribution in [3.05, 3.63) is 23.9 Å². The van der Waals surface area contributed by atoms with Crippen LogP contribution in [0.4, 0.5) is 5.82 Å². The first-order chi connectivity index (χ1) is 8.66. The molecule has 0 saturated heterocycles. The molecular formula is C15H25N3. The molecule has 1 aliphatic rings. The molecule has 3 nitrogen and oxygen atoms in total. The highest BCUT2D eigenvalue weighted by Gasteiger charge is 2.22. The van der Waals surface area contributed by atoms with E-state index in [2.05, 4.69) is 48.2 Å². The summed E-state index contributed by atoms with van der Waals surface area (Å²) in [5.74, 6) is 1.80. The summed E-state index contributed by atoms with van der Waals surface area (Å²) < 4.78 is 0. The van der Waals surface area contributed by atoms with Crippen molar-refractivity contribution in [2.75, 3.05) is 18.5 Å². The van der Waals surface area contributed by atoms with E-state index >= 15 is 0 Å². The first-order valence-electron chi connectivity index (χ1n) is 7.05. The number of nitrogens with zero attached hydrogens (tertiary/aromatic N) is 2. The van der Waals surface area contributed by atoms with Gasteiger partial charge in [-0.15, -0.1) is 0 Å². The molecule has 0 aromatic carbocycles. The Hall–Kier alpha value is -1.09. The molecule has 0 unspecified atom stereocenters. The maximum Gasteiger partial charge on any atom is 0.128 e. The van der Waals surface area contributed by atoms with Gasteiger partial charge in [-0.05, 0) is 43.4 Å². The topological polar surface area (TPSA) is 28.2 Å². The number of hydrogen-bond donors (Lipinski definition) is 1. The molecule has 1 aromatic heterocycles. The first-order valence-corrected chi connectivity index (χ1v) is 7.05. The minimum absolute atomic E-state index is 0.696. The molecule has 1 N–H and O–H groups in total. The summed E-state index contributed by atoms with van der Waals surface area (Å²) in [6, 6.07) is 5.04. The van der Waals surface area contributed by atoms with Crippen LogP contribution in [0, 0.1) is 5.92 Å². The zero-order valence-electron chi connectivity index (χ0n) is 11.8. The highest BCUT2D eigenvalue weighted by molar-refractivity contribution is 5.40. The number of nitrogens with one attached hydrogen (secondary N) is 1. The molecule has 18 heavy (non-hydrogen) atoms. The van der Waals surface area contributed by atoms with Crippen LogP contribution >= 0.6 is 0 Å². The predicted molar refractivity (Wildman–Crippen MR) is 76.8 cm³/mol. The summed E-state index contributed by atoms with van der Waals surface area (Å²) >= 11 is 0. The molecule has 0 aliphatic heterocycles. The van der Waals surface area contributed by atoms with Gasteiger partial charge < -0.3 is 10.2 Å². The number of pyridine rings is 1. The molecule has 1 fully saturated rings. The van der Waals surface area contributed by atoms with Crippen LogP contribution in [-0.2, 0) is 6.54 Å². The van der Waals surface area contributed by atoms with Gasteiger partial charge in [0.1, 0.15) is 5.82 Å². The normalized spacial score (nSPS) is 15.8. The van der Waals surface area contributed by atoms with Crippen LogP contribution in [-0.4, -0.2) is 24.6 Å². The molecule has 2 rings (SSSR count). The second kappa shape index (κ2) is 6.19. The average molecular weight is 247 g/mol. The zero-order valence-corrected chi connectivity index (χ0v) is 11.8. The Balaban J connectivity index is 1.84. The Kier molecular flexibility index (Phi) is 4.59. The maximum absolute atomic E-state index is 4.57. The standard InChI is InChI=1S/C15H25N3/c1-12(2)9-16-10-13-7-8-15(17-11-13)18(3)14-5-4-6-14/h7-8,11-12,14,16H,4-6,9-10H2,1-3H3. The molecule has 0 radical (unpaired) electrons. The van der Waals surface area contributed by atoms with Crippen LogP contribution in [0.5, 0.6) is 0 Å². The third-order valence-corrected chi connectivity index (χ3v) is 3.67. The molecular weight excluding hydrogens is 222 g/mol. The lowest BCUT2D eigenvalue weighted by molar-refractivity contribution is 0.399. The fourth-order valence-electron chi connectivity index (χ4n) is 2.20. The van der Waals surface area contributed by atoms with Gasteiger partial charge in [-0.25, -0.2) is 4.98 Å². The smallest absolute Gasteiger partial charge is 0.128 e. The van der Waals surface area contributed by atoms with E-state index in [0.29, 0.717) is 12.0 Å². The van der Waals surface area contributed by atoms with Crippen LogP contribution in [0.1, 0.15) is 38.7 Å². The third kappa shape index (κ3) is 3.45. The minimum Gasteiger partial charge on any atom is -0.357 e. The zero-order chi connectivity index (χ0) is 13.0. The van der Waals surface area contributed by atoms with Crippen molar-refractivity contribution >= 4 is 5.82 Å². The molecule has 3 heteroatoms. The van der Waals surface area contributed by atoms with Gasteiger partial charge >= 0.3 is 0 Å². The lowest BCUT2D eigenvalue weighted by Gasteiger charge is -2.35. The van der Waals surface area contributed by atoms with Gasteiger partial charge in [0.25, 0.3) is 0 Å². The summed E-state index contributed by atoms with van der Waals surface area (Å²) in [6.07, 6.45) is 6.00. The summed E-state index contributed by atoms with van der Waals surface area (Å²) in [5, 5.41) is 3.44. The van der Waals surface area contributed by atoms with E-state index in [4.69, 9.17) is 0 Å². The summed E-state index contributed by atoms with van der Waals surface area (Å²) in [6.45, 7) is 6.42. The molecule has 0 bridgehead atoms. The maximum atomic E-state index is 4.57. The first kappa shape index (κ1) is 13.3. The van der Waals surface area contributed by atoms with Crippen molar-refractivity contribution in [3.63, 3.8) is 0 Å². The molecule has 1 aliphatic carbocycles. The fraction of sp³-hybridized carbons (Fsp3) is 0.667. The van der Waals surface area contributed by atoms with E-state index in [0.717, 1.165) is 18.9 Å². The number of aromatic nitrogens is 1. The van der Waals surface area contributed by atoms with Crippen LogP contribution in [0.15, 0.2) is 18.3 Å². The van der Waals surface area contributed by atoms with Crippen molar-refractivity contribution in [3.8, 4) is 0 Å². The van der Waals surface area contributed by atoms with Gasteiger partial charge in [0.05, 0.1) is 0 Å². The second-order valence-corrected chi connectivity index (χ2v) is 5.75. The van der Waals surface area contributed by atoms with Crippen LogP contribution in [0.25, 0.3) is 0 Å². The van der Waals surface area contributed by atoms with Crippen molar-refractivity contribution in [1.82, 2.24) is 10.3 Å². The molecule has 0 atom stereocenters. The molecule has 0 spiro atoms. The van der Waals surface area contributed by atoms with Gasteiger partial charge in [-0.3, -0.25) is 0 Å². The van der Waals surface area contributed by atoms with E-state index in [-0.39, 0.29) is 0 Å². The van der Waals surface area contributed by atoms with Crippen molar-refractivity contribution in [2.24, 2.45) is 5.92 Å². The molecule has 0 amide bonds. The molecule has 1 aromatic rings. The van der Waals surface area contributed by atoms with E-state index < -0.39 is 0 Å². The summed E-state index contributed by atoms with van der Waals surface area (Å²) in [7, 11) is 2.16. The van der Waals surface area contributed by atoms with Gasteiger partial charge in [-0.2, -0.15) is 0 Å². The van der Waals surface area contributed by atoms with E-state index in [9.17, 15) is 0 Å². The van der Waals surface area contributed by atoms with Crippen molar-refractivity contribution < 1.29 is 0 Å². The number of hydrogen-bond acceptors (Lipinski definition) is 3. The lowest BCUT2D eigenvalue weighted by atomic mass is 9.92. The summed E-state index contributed by atoms with van der Waals surface area (Å²) in [5.41, 5.74) is 1.27. The number of anilines is 1. The van der Waals surface area contributed by atoms with Crippen LogP contribution in [0.3, 0.4) is 0 Å². The van der Waals surface area contributed by atoms with Crippen molar-refractivity contribution in [1.29, 1.82) is 0 Å². The Morgan fingerprint density at radius 2 is 2.17 bits per heavy atom. The molecule has 100 valence electrons. The van der Waals surface area contributed by atoms with Gasteiger partial charge in [-0.1, -0.05) is 19.9 Å². The average Bonchev–Trinajstić information content (AvgIpc) is 2.27. The highest BCUT2D eigenvalue weighted by atomic mass is 15.2. The Morgan fingerprint density at radius 1 is 1.39 bits per heavy atom. The van der Waals surface area contributed by atoms with Gasteiger partial charge in [0, 0.05) is 25.8 Å². The fourth-order valence-corrected chi connectivity index (χ4v) is 2.20. The largest absolute Gasteiger partial charge is 0.357 e. The van der Waals surface area contributed by atoms with Crippen LogP contribution in [0.2, 0.25) is 0 Å². The Morgan fingerprint density at radius 3 is 2.67 bits per heavy atom. The predicted octanol–water partition coefficient (Wildman–Crippen LogP) is 2.82.